The molecule has 0 aliphatic carbocycles. The van der Waals surface area contributed by atoms with Gasteiger partial charge in [-0.25, -0.2) is 0 Å². The topological polar surface area (TPSA) is 99.6 Å². The van der Waals surface area contributed by atoms with E-state index in [9.17, 15) is 19.5 Å². The summed E-state index contributed by atoms with van der Waals surface area (Å²) in [5, 5.41) is 10.5. The molecule has 0 bridgehead atoms. The van der Waals surface area contributed by atoms with E-state index >= 15 is 0 Å². The number of hydrogen-bond donors (Lipinski definition) is 1. The number of benzene rings is 1. The van der Waals surface area contributed by atoms with Crippen LogP contribution in [0.3, 0.4) is 0 Å². The predicted octanol–water partition coefficient (Wildman–Crippen LogP) is 3.71. The van der Waals surface area contributed by atoms with Crippen molar-refractivity contribution < 1.29 is 29.0 Å². The highest BCUT2D eigenvalue weighted by Crippen LogP contribution is 2.59. The third kappa shape index (κ3) is 4.65. The Morgan fingerprint density at radius 3 is 2.33 bits per heavy atom. The highest BCUT2D eigenvalue weighted by atomic mass is 16.6. The van der Waals surface area contributed by atoms with Crippen molar-refractivity contribution in [3.05, 3.63) is 48.6 Å². The van der Waals surface area contributed by atoms with Crippen LogP contribution >= 0.6 is 0 Å². The molecule has 1 N–H and O–H groups in total. The molecule has 4 aliphatic heterocycles. The van der Waals surface area contributed by atoms with E-state index < -0.39 is 41.1 Å². The van der Waals surface area contributed by atoms with Gasteiger partial charge in [-0.15, -0.1) is 0 Å². The monoisotopic (exact) mass is 579 g/mol. The third-order valence-electron chi connectivity index (χ3n) is 9.67. The van der Waals surface area contributed by atoms with Crippen LogP contribution in [0.5, 0.6) is 0 Å². The smallest absolute Gasteiger partial charge is 0.313 e. The minimum Gasteiger partial charge on any atom is -0.465 e. The van der Waals surface area contributed by atoms with Gasteiger partial charge in [-0.3, -0.25) is 14.4 Å². The second kappa shape index (κ2) is 11.8. The molecule has 2 fully saturated rings. The van der Waals surface area contributed by atoms with Crippen molar-refractivity contribution in [3.8, 4) is 0 Å². The van der Waals surface area contributed by atoms with E-state index in [4.69, 9.17) is 9.47 Å². The molecular weight excluding hydrogens is 534 g/mol. The van der Waals surface area contributed by atoms with Crippen LogP contribution in [0.4, 0.5) is 11.4 Å². The van der Waals surface area contributed by atoms with Crippen LogP contribution in [0, 0.1) is 17.8 Å². The van der Waals surface area contributed by atoms with E-state index in [1.54, 1.807) is 4.90 Å². The van der Waals surface area contributed by atoms with E-state index in [1.165, 1.54) is 4.90 Å². The second-order valence-electron chi connectivity index (χ2n) is 12.1. The van der Waals surface area contributed by atoms with Crippen molar-refractivity contribution in [1.82, 2.24) is 4.90 Å². The summed E-state index contributed by atoms with van der Waals surface area (Å²) in [4.78, 5) is 48.5. The molecule has 4 aliphatic rings. The summed E-state index contributed by atoms with van der Waals surface area (Å²) >= 11 is 0. The fraction of sp³-hybridized carbons (Fsp3) is 0.606. The first kappa shape index (κ1) is 30.3. The van der Waals surface area contributed by atoms with E-state index in [0.29, 0.717) is 18.5 Å². The summed E-state index contributed by atoms with van der Waals surface area (Å²) in [7, 11) is 0. The normalized spacial score (nSPS) is 32.4. The molecule has 1 spiro atoms. The highest BCUT2D eigenvalue weighted by Gasteiger charge is 2.76. The van der Waals surface area contributed by atoms with Crippen molar-refractivity contribution in [2.45, 2.75) is 77.2 Å². The Labute approximate surface area is 249 Å². The van der Waals surface area contributed by atoms with Gasteiger partial charge in [0.05, 0.1) is 25.2 Å². The van der Waals surface area contributed by atoms with Crippen LogP contribution in [-0.2, 0) is 23.9 Å². The van der Waals surface area contributed by atoms with Crippen molar-refractivity contribution >= 4 is 29.2 Å². The number of allylic oxidation sites excluding steroid dienone is 1. The van der Waals surface area contributed by atoms with Crippen LogP contribution < -0.4 is 9.80 Å². The molecule has 42 heavy (non-hydrogen) atoms. The lowest BCUT2D eigenvalue weighted by molar-refractivity contribution is -0.161. The molecule has 5 rings (SSSR count). The Balaban J connectivity index is 1.64. The number of likely N-dealkylation sites (tertiary alicyclic amines) is 1. The lowest BCUT2D eigenvalue weighted by atomic mass is 9.73. The molecule has 9 nitrogen and oxygen atoms in total. The average molecular weight is 580 g/mol. The summed E-state index contributed by atoms with van der Waals surface area (Å²) in [6, 6.07) is 6.19. The van der Waals surface area contributed by atoms with Gasteiger partial charge in [-0.1, -0.05) is 45.1 Å². The number of rotatable bonds is 8. The molecule has 2 saturated heterocycles. The van der Waals surface area contributed by atoms with E-state index in [0.717, 1.165) is 25.2 Å². The van der Waals surface area contributed by atoms with Crippen LogP contribution in [0.1, 0.15) is 53.9 Å². The molecule has 0 aromatic heterocycles. The number of ether oxygens (including phenoxy) is 2. The number of amides is 2. The largest absolute Gasteiger partial charge is 0.465 e. The first-order chi connectivity index (χ1) is 20.2. The lowest BCUT2D eigenvalue weighted by Crippen LogP contribution is -2.60. The van der Waals surface area contributed by atoms with Crippen molar-refractivity contribution in [3.63, 3.8) is 0 Å². The molecule has 6 atom stereocenters. The number of cyclic esters (lactones) is 1. The van der Waals surface area contributed by atoms with Gasteiger partial charge in [0.1, 0.15) is 23.2 Å². The van der Waals surface area contributed by atoms with E-state index in [-0.39, 0.29) is 37.5 Å². The number of aliphatic hydroxyl groups is 1. The highest BCUT2D eigenvalue weighted by molar-refractivity contribution is 6.06. The number of aliphatic hydroxyl groups excluding tert-OH is 1. The van der Waals surface area contributed by atoms with Crippen LogP contribution in [0.2, 0.25) is 0 Å². The summed E-state index contributed by atoms with van der Waals surface area (Å²) in [6.45, 7) is 12.0. The molecule has 0 radical (unpaired) electrons. The fourth-order valence-corrected chi connectivity index (χ4v) is 7.46. The number of anilines is 2. The van der Waals surface area contributed by atoms with Gasteiger partial charge in [0.2, 0.25) is 5.91 Å². The van der Waals surface area contributed by atoms with Crippen LogP contribution in [0.25, 0.3) is 0 Å². The first-order valence-electron chi connectivity index (χ1n) is 15.5. The molecule has 9 heteroatoms. The van der Waals surface area contributed by atoms with Gasteiger partial charge >= 0.3 is 5.97 Å². The number of carbonyl (C=O) groups excluding carboxylic acids is 3. The Hall–Kier alpha value is -3.17. The van der Waals surface area contributed by atoms with Gasteiger partial charge in [-0.05, 0) is 63.3 Å². The molecule has 228 valence electrons. The number of hydrogen-bond acceptors (Lipinski definition) is 7. The predicted molar refractivity (Wildman–Crippen MR) is 161 cm³/mol. The molecule has 1 aromatic carbocycles. The summed E-state index contributed by atoms with van der Waals surface area (Å²) in [5.41, 5.74) is -0.708. The zero-order chi connectivity index (χ0) is 30.2. The molecule has 1 aromatic rings. The van der Waals surface area contributed by atoms with E-state index in [1.807, 2.05) is 69.3 Å². The van der Waals surface area contributed by atoms with Crippen molar-refractivity contribution in [2.24, 2.45) is 17.8 Å². The van der Waals surface area contributed by atoms with Gasteiger partial charge in [-0.2, -0.15) is 0 Å². The maximum atomic E-state index is 14.8. The standard InChI is InChI=1S/C33H45N3O6/c1-6-32-17-10-9-11-20-41-31(40)27(32)26-29(38)36(25(21-37)22(4)5)28-30(39)35(19-12-18-33(26,28)42-32)24-15-13-23(14-16-24)34(7-2)8-3/h10,12-18,22,25-28,37H,6-9,11,19-21H2,1-5H3/b17-10-/t25-,26-,27-,28?,32+,33-/m0/s1. The number of carbonyl (C=O) groups is 3. The Morgan fingerprint density at radius 1 is 1.00 bits per heavy atom. The number of nitrogens with zero attached hydrogens (tertiary/aromatic N) is 3. The Bertz CT molecular complexity index is 1240. The Morgan fingerprint density at radius 2 is 1.71 bits per heavy atom. The van der Waals surface area contributed by atoms with Crippen molar-refractivity contribution in [1.29, 1.82) is 0 Å². The van der Waals surface area contributed by atoms with Crippen LogP contribution in [0.15, 0.2) is 48.6 Å². The molecule has 2 amide bonds. The van der Waals surface area contributed by atoms with Crippen molar-refractivity contribution in [2.75, 3.05) is 42.6 Å². The average Bonchev–Trinajstić information content (AvgIpc) is 3.36. The van der Waals surface area contributed by atoms with Gasteiger partial charge in [0.15, 0.2) is 0 Å². The number of fused-ring (bicyclic) bond motifs is 2. The summed E-state index contributed by atoms with van der Waals surface area (Å²) in [6.07, 6.45) is 9.50. The number of esters is 1. The minimum absolute atomic E-state index is 0.139. The SMILES string of the molecule is CCN(CC)c1ccc(N2CC=C[C@]34O[C@]5(CC)/C=C\CCCOC(=O)[C@@H]5[C@H]3C(=O)N([C@@H](CO)C(C)C)C4C2=O)cc1. The zero-order valence-corrected chi connectivity index (χ0v) is 25.5. The zero-order valence-electron chi connectivity index (χ0n) is 25.5. The molecule has 4 heterocycles. The summed E-state index contributed by atoms with van der Waals surface area (Å²) in [5.74, 6) is -3.13. The fourth-order valence-electron chi connectivity index (χ4n) is 7.46. The third-order valence-corrected chi connectivity index (χ3v) is 9.67. The summed E-state index contributed by atoms with van der Waals surface area (Å²) < 4.78 is 12.7. The maximum absolute atomic E-state index is 14.8. The van der Waals surface area contributed by atoms with Crippen LogP contribution in [-0.4, -0.2) is 83.9 Å². The quantitative estimate of drug-likeness (QED) is 0.370. The lowest BCUT2D eigenvalue weighted by Gasteiger charge is -2.41. The maximum Gasteiger partial charge on any atom is 0.313 e. The molecular formula is C33H45N3O6. The molecule has 1 unspecified atom stereocenters. The molecule has 0 saturated carbocycles. The Kier molecular flexibility index (Phi) is 8.54. The van der Waals surface area contributed by atoms with Gasteiger partial charge < -0.3 is 29.3 Å². The minimum atomic E-state index is -1.39. The van der Waals surface area contributed by atoms with Gasteiger partial charge in [0.25, 0.3) is 5.91 Å². The van der Waals surface area contributed by atoms with E-state index in [2.05, 4.69) is 18.7 Å². The van der Waals surface area contributed by atoms with Gasteiger partial charge in [0, 0.05) is 31.0 Å². The first-order valence-corrected chi connectivity index (χ1v) is 15.5. The second-order valence-corrected chi connectivity index (χ2v) is 12.1.